The first kappa shape index (κ1) is 19.3. The van der Waals surface area contributed by atoms with Gasteiger partial charge in [-0.25, -0.2) is 0 Å². The molecule has 1 aliphatic heterocycles. The molecule has 0 radical (unpaired) electrons. The molecule has 2 rings (SSSR count). The van der Waals surface area contributed by atoms with E-state index in [4.69, 9.17) is 26.2 Å². The van der Waals surface area contributed by atoms with Crippen LogP contribution in [-0.2, 0) is 9.59 Å². The number of amides is 2. The van der Waals surface area contributed by atoms with Crippen LogP contribution < -0.4 is 14.8 Å². The highest BCUT2D eigenvalue weighted by atomic mass is 35.5. The molecule has 1 saturated heterocycles. The number of aliphatic hydroxyl groups is 1. The van der Waals surface area contributed by atoms with Gasteiger partial charge < -0.3 is 24.8 Å². The van der Waals surface area contributed by atoms with Crippen molar-refractivity contribution in [3.63, 3.8) is 0 Å². The molecule has 1 aliphatic rings. The Bertz CT molecular complexity index is 632. The number of piperazine rings is 1. The van der Waals surface area contributed by atoms with Crippen LogP contribution in [0, 0.1) is 0 Å². The second-order valence-electron chi connectivity index (χ2n) is 5.50. The van der Waals surface area contributed by atoms with Crippen LogP contribution in [0.5, 0.6) is 11.5 Å². The number of hydrogen-bond acceptors (Lipinski definition) is 6. The number of carbonyl (C=O) groups excluding carboxylic acids is 2. The lowest BCUT2D eigenvalue weighted by Gasteiger charge is -2.33. The molecule has 1 aromatic rings. The van der Waals surface area contributed by atoms with E-state index in [2.05, 4.69) is 5.32 Å². The van der Waals surface area contributed by atoms with Crippen molar-refractivity contribution in [3.8, 4) is 11.5 Å². The van der Waals surface area contributed by atoms with E-state index in [0.717, 1.165) is 0 Å². The van der Waals surface area contributed by atoms with Crippen molar-refractivity contribution in [1.82, 2.24) is 9.80 Å². The van der Waals surface area contributed by atoms with Crippen LogP contribution in [0.1, 0.15) is 0 Å². The van der Waals surface area contributed by atoms with Crippen LogP contribution in [0.2, 0.25) is 5.02 Å². The number of anilines is 1. The zero-order valence-electron chi connectivity index (χ0n) is 14.2. The first-order valence-corrected chi connectivity index (χ1v) is 8.23. The van der Waals surface area contributed by atoms with Crippen molar-refractivity contribution in [2.75, 3.05) is 58.9 Å². The lowest BCUT2D eigenvalue weighted by molar-refractivity contribution is -0.144. The van der Waals surface area contributed by atoms with Gasteiger partial charge >= 0.3 is 11.8 Å². The van der Waals surface area contributed by atoms with E-state index in [0.29, 0.717) is 54.9 Å². The van der Waals surface area contributed by atoms with E-state index in [1.54, 1.807) is 0 Å². The highest BCUT2D eigenvalue weighted by Gasteiger charge is 2.26. The minimum atomic E-state index is -0.752. The van der Waals surface area contributed by atoms with Crippen LogP contribution in [0.25, 0.3) is 0 Å². The van der Waals surface area contributed by atoms with Crippen molar-refractivity contribution < 1.29 is 24.2 Å². The lowest BCUT2D eigenvalue weighted by atomic mass is 10.2. The number of nitrogens with zero attached hydrogens (tertiary/aromatic N) is 2. The number of hydrogen-bond donors (Lipinski definition) is 2. The molecule has 0 unspecified atom stereocenters. The van der Waals surface area contributed by atoms with Crippen LogP contribution in [0.4, 0.5) is 5.69 Å². The fourth-order valence-electron chi connectivity index (χ4n) is 2.59. The molecule has 8 nitrogen and oxygen atoms in total. The lowest BCUT2D eigenvalue weighted by Crippen LogP contribution is -2.52. The van der Waals surface area contributed by atoms with Gasteiger partial charge in [-0.3, -0.25) is 14.5 Å². The van der Waals surface area contributed by atoms with Crippen molar-refractivity contribution in [2.45, 2.75) is 0 Å². The van der Waals surface area contributed by atoms with Crippen LogP contribution in [0.3, 0.4) is 0 Å². The Morgan fingerprint density at radius 3 is 2.36 bits per heavy atom. The predicted molar refractivity (Wildman–Crippen MR) is 93.3 cm³/mol. The molecule has 0 saturated carbocycles. The first-order valence-electron chi connectivity index (χ1n) is 7.85. The molecule has 0 spiro atoms. The van der Waals surface area contributed by atoms with E-state index in [-0.39, 0.29) is 6.61 Å². The average molecular weight is 372 g/mol. The SMILES string of the molecule is COc1cc(NC(=O)C(=O)N2CCN(CCO)CC2)c(OC)cc1Cl. The third-order valence-electron chi connectivity index (χ3n) is 3.99. The molecule has 0 aliphatic carbocycles. The Labute approximate surface area is 151 Å². The number of β-amino-alcohol motifs (C(OH)–C–C–N with tert-alkyl or cyclic N) is 1. The number of aliphatic hydroxyl groups excluding tert-OH is 1. The summed E-state index contributed by atoms with van der Waals surface area (Å²) in [6, 6.07) is 3.01. The van der Waals surface area contributed by atoms with Crippen molar-refractivity contribution in [3.05, 3.63) is 17.2 Å². The molecule has 138 valence electrons. The molecular formula is C16H22ClN3O5. The topological polar surface area (TPSA) is 91.3 Å². The highest BCUT2D eigenvalue weighted by molar-refractivity contribution is 6.40. The molecule has 0 bridgehead atoms. The quantitative estimate of drug-likeness (QED) is 0.729. The van der Waals surface area contributed by atoms with Gasteiger partial charge in [-0.05, 0) is 0 Å². The molecule has 25 heavy (non-hydrogen) atoms. The molecule has 0 atom stereocenters. The Hall–Kier alpha value is -2.03. The zero-order chi connectivity index (χ0) is 18.4. The number of benzene rings is 1. The predicted octanol–water partition coefficient (Wildman–Crippen LogP) is 0.432. The maximum absolute atomic E-state index is 12.3. The largest absolute Gasteiger partial charge is 0.495 e. The summed E-state index contributed by atoms with van der Waals surface area (Å²) in [5.74, 6) is -0.666. The minimum absolute atomic E-state index is 0.0760. The molecular weight excluding hydrogens is 350 g/mol. The van der Waals surface area contributed by atoms with Gasteiger partial charge in [-0.15, -0.1) is 0 Å². The molecule has 1 fully saturated rings. The number of ether oxygens (including phenoxy) is 2. The second kappa shape index (κ2) is 8.89. The van der Waals surface area contributed by atoms with E-state index >= 15 is 0 Å². The molecule has 1 aromatic carbocycles. The Balaban J connectivity index is 2.03. The van der Waals surface area contributed by atoms with Crippen molar-refractivity contribution in [2.24, 2.45) is 0 Å². The fourth-order valence-corrected chi connectivity index (χ4v) is 2.82. The van der Waals surface area contributed by atoms with E-state index in [1.165, 1.54) is 31.3 Å². The van der Waals surface area contributed by atoms with Gasteiger partial charge in [0, 0.05) is 44.9 Å². The third-order valence-corrected chi connectivity index (χ3v) is 4.29. The number of halogens is 1. The summed E-state index contributed by atoms with van der Waals surface area (Å²) >= 11 is 6.03. The van der Waals surface area contributed by atoms with Crippen LogP contribution >= 0.6 is 11.6 Å². The minimum Gasteiger partial charge on any atom is -0.495 e. The van der Waals surface area contributed by atoms with Gasteiger partial charge in [0.1, 0.15) is 11.5 Å². The summed E-state index contributed by atoms with van der Waals surface area (Å²) in [7, 11) is 2.90. The smallest absolute Gasteiger partial charge is 0.314 e. The van der Waals surface area contributed by atoms with Crippen molar-refractivity contribution >= 4 is 29.1 Å². The maximum atomic E-state index is 12.3. The summed E-state index contributed by atoms with van der Waals surface area (Å²) in [5, 5.41) is 11.8. The Kier molecular flexibility index (Phi) is 6.86. The Morgan fingerprint density at radius 2 is 1.80 bits per heavy atom. The summed E-state index contributed by atoms with van der Waals surface area (Å²) in [4.78, 5) is 28.1. The average Bonchev–Trinajstić information content (AvgIpc) is 2.63. The van der Waals surface area contributed by atoms with E-state index in [9.17, 15) is 9.59 Å². The fraction of sp³-hybridized carbons (Fsp3) is 0.500. The summed E-state index contributed by atoms with van der Waals surface area (Å²) in [6.45, 7) is 2.76. The van der Waals surface area contributed by atoms with Gasteiger partial charge in [0.05, 0.1) is 31.5 Å². The van der Waals surface area contributed by atoms with Gasteiger partial charge in [0.2, 0.25) is 0 Å². The molecule has 2 N–H and O–H groups in total. The number of carbonyl (C=O) groups is 2. The van der Waals surface area contributed by atoms with E-state index < -0.39 is 11.8 Å². The molecule has 2 amide bonds. The second-order valence-corrected chi connectivity index (χ2v) is 5.91. The van der Waals surface area contributed by atoms with Crippen LogP contribution in [0.15, 0.2) is 12.1 Å². The zero-order valence-corrected chi connectivity index (χ0v) is 15.0. The van der Waals surface area contributed by atoms with Gasteiger partial charge in [-0.1, -0.05) is 11.6 Å². The maximum Gasteiger partial charge on any atom is 0.314 e. The van der Waals surface area contributed by atoms with Gasteiger partial charge in [0.25, 0.3) is 0 Å². The number of methoxy groups -OCH3 is 2. The number of rotatable bonds is 5. The van der Waals surface area contributed by atoms with Crippen molar-refractivity contribution in [1.29, 1.82) is 0 Å². The standard InChI is InChI=1S/C16H22ClN3O5/c1-24-13-10-12(14(25-2)9-11(13)17)18-15(22)16(23)20-5-3-19(4-6-20)7-8-21/h9-10,21H,3-8H2,1-2H3,(H,18,22). The molecule has 9 heteroatoms. The summed E-state index contributed by atoms with van der Waals surface area (Å²) in [6.07, 6.45) is 0. The molecule has 1 heterocycles. The highest BCUT2D eigenvalue weighted by Crippen LogP contribution is 2.35. The van der Waals surface area contributed by atoms with E-state index in [1.807, 2.05) is 4.90 Å². The van der Waals surface area contributed by atoms with Gasteiger partial charge in [0.15, 0.2) is 0 Å². The Morgan fingerprint density at radius 1 is 1.16 bits per heavy atom. The van der Waals surface area contributed by atoms with Crippen LogP contribution in [-0.4, -0.2) is 80.3 Å². The number of nitrogens with one attached hydrogen (secondary N) is 1. The first-order chi connectivity index (χ1) is 12.0. The molecule has 0 aromatic heterocycles. The summed E-state index contributed by atoms with van der Waals surface area (Å²) in [5.41, 5.74) is 0.306. The monoisotopic (exact) mass is 371 g/mol. The third kappa shape index (κ3) is 4.75. The summed E-state index contributed by atoms with van der Waals surface area (Å²) < 4.78 is 10.3. The normalized spacial score (nSPS) is 15.0. The van der Waals surface area contributed by atoms with Gasteiger partial charge in [-0.2, -0.15) is 0 Å².